The average molecular weight is 453 g/mol. The molecule has 0 aliphatic carbocycles. The van der Waals surface area contributed by atoms with E-state index in [4.69, 9.17) is 11.6 Å². The molecule has 2 heterocycles. The van der Waals surface area contributed by atoms with Gasteiger partial charge in [-0.05, 0) is 29.8 Å². The molecule has 2 N–H and O–H groups in total. The average Bonchev–Trinajstić information content (AvgIpc) is 3.40. The monoisotopic (exact) mass is 452 g/mol. The summed E-state index contributed by atoms with van der Waals surface area (Å²) in [7, 11) is -8.18. The molecule has 2 aliphatic rings. The standard InChI is InChI=1S/C18H17ClN4O4S2/c19-13-8-6-12(7-9-13)15-10-20-22-17(15)29(26,27)16-11-21-23-18(16)28(24,25)14-4-2-1-3-5-14/h1-9,15-16,20-21H,10-11H2. The Morgan fingerprint density at radius 2 is 1.45 bits per heavy atom. The van der Waals surface area contributed by atoms with Crippen molar-refractivity contribution in [1.82, 2.24) is 10.9 Å². The number of hydrogen-bond acceptors (Lipinski definition) is 8. The first-order valence-corrected chi connectivity index (χ1v) is 12.1. The Morgan fingerprint density at radius 1 is 0.828 bits per heavy atom. The predicted molar refractivity (Wildman–Crippen MR) is 111 cm³/mol. The first kappa shape index (κ1) is 19.9. The molecule has 0 saturated carbocycles. The van der Waals surface area contributed by atoms with E-state index in [1.54, 1.807) is 42.5 Å². The molecule has 2 atom stereocenters. The van der Waals surface area contributed by atoms with Crippen LogP contribution in [-0.2, 0) is 19.7 Å². The van der Waals surface area contributed by atoms with Crippen molar-refractivity contribution in [1.29, 1.82) is 0 Å². The van der Waals surface area contributed by atoms with Crippen LogP contribution in [0.15, 0.2) is 69.7 Å². The van der Waals surface area contributed by atoms with Crippen molar-refractivity contribution in [2.24, 2.45) is 10.2 Å². The molecular formula is C18H17ClN4O4S2. The predicted octanol–water partition coefficient (Wildman–Crippen LogP) is 1.51. The summed E-state index contributed by atoms with van der Waals surface area (Å²) in [6.45, 7) is 0.143. The Kier molecular flexibility index (Phi) is 5.09. The van der Waals surface area contributed by atoms with E-state index < -0.39 is 35.9 Å². The Bertz CT molecular complexity index is 1190. The number of halogens is 1. The number of sulfone groups is 2. The Balaban J connectivity index is 1.70. The minimum atomic E-state index is -4.10. The van der Waals surface area contributed by atoms with Crippen molar-refractivity contribution >= 4 is 41.4 Å². The third-order valence-electron chi connectivity index (χ3n) is 4.79. The van der Waals surface area contributed by atoms with Gasteiger partial charge in [0.15, 0.2) is 10.1 Å². The molecule has 2 aliphatic heterocycles. The van der Waals surface area contributed by atoms with E-state index in [0.29, 0.717) is 5.02 Å². The molecule has 0 fully saturated rings. The Labute approximate surface area is 173 Å². The lowest BCUT2D eigenvalue weighted by atomic mass is 10.0. The van der Waals surface area contributed by atoms with Gasteiger partial charge in [-0.25, -0.2) is 16.8 Å². The van der Waals surface area contributed by atoms with Gasteiger partial charge in [0.25, 0.3) is 0 Å². The van der Waals surface area contributed by atoms with Crippen LogP contribution in [0.1, 0.15) is 11.5 Å². The minimum absolute atomic E-state index is 0.0108. The van der Waals surface area contributed by atoms with Crippen LogP contribution in [0, 0.1) is 0 Å². The summed E-state index contributed by atoms with van der Waals surface area (Å²) in [4.78, 5) is -0.0108. The minimum Gasteiger partial charge on any atom is -0.308 e. The SMILES string of the molecule is O=S(=O)(C1=NNCC1S(=O)(=O)C1=NNCC1c1ccc(Cl)cc1)c1ccccc1. The van der Waals surface area contributed by atoms with Gasteiger partial charge in [0, 0.05) is 11.6 Å². The van der Waals surface area contributed by atoms with Gasteiger partial charge in [0.05, 0.1) is 17.4 Å². The van der Waals surface area contributed by atoms with Gasteiger partial charge in [-0.3, -0.25) is 0 Å². The summed E-state index contributed by atoms with van der Waals surface area (Å²) in [5.41, 5.74) is 5.96. The van der Waals surface area contributed by atoms with Gasteiger partial charge in [-0.1, -0.05) is 41.9 Å². The molecule has 0 saturated heterocycles. The summed E-state index contributed by atoms with van der Waals surface area (Å²) in [6.07, 6.45) is 0. The third-order valence-corrected chi connectivity index (χ3v) is 9.11. The number of rotatable bonds is 3. The van der Waals surface area contributed by atoms with Crippen LogP contribution >= 0.6 is 11.6 Å². The molecule has 0 bridgehead atoms. The quantitative estimate of drug-likeness (QED) is 0.729. The van der Waals surface area contributed by atoms with E-state index in [0.717, 1.165) is 5.56 Å². The van der Waals surface area contributed by atoms with Crippen molar-refractivity contribution in [3.05, 3.63) is 65.2 Å². The largest absolute Gasteiger partial charge is 0.308 e. The number of nitrogens with one attached hydrogen (secondary N) is 2. The normalized spacial score (nSPS) is 21.8. The number of benzene rings is 2. The topological polar surface area (TPSA) is 117 Å². The van der Waals surface area contributed by atoms with Crippen molar-refractivity contribution in [3.8, 4) is 0 Å². The highest BCUT2D eigenvalue weighted by Crippen LogP contribution is 2.29. The molecule has 0 spiro atoms. The summed E-state index contributed by atoms with van der Waals surface area (Å²) < 4.78 is 52.8. The van der Waals surface area contributed by atoms with Crippen LogP contribution in [0.3, 0.4) is 0 Å². The number of hydrazone groups is 2. The molecule has 8 nitrogen and oxygen atoms in total. The number of nitrogens with zero attached hydrogens (tertiary/aromatic N) is 2. The first-order valence-electron chi connectivity index (χ1n) is 8.72. The lowest BCUT2D eigenvalue weighted by molar-refractivity contribution is 0.596. The molecule has 0 radical (unpaired) electrons. The second-order valence-corrected chi connectivity index (χ2v) is 11.0. The van der Waals surface area contributed by atoms with Gasteiger partial charge < -0.3 is 10.9 Å². The summed E-state index contributed by atoms with van der Waals surface area (Å²) >= 11 is 5.92. The van der Waals surface area contributed by atoms with Crippen LogP contribution in [0.2, 0.25) is 5.02 Å². The highest BCUT2D eigenvalue weighted by atomic mass is 35.5. The van der Waals surface area contributed by atoms with E-state index >= 15 is 0 Å². The maximum Gasteiger partial charge on any atom is 0.223 e. The summed E-state index contributed by atoms with van der Waals surface area (Å²) in [6, 6.07) is 14.4. The lowest BCUT2D eigenvalue weighted by Crippen LogP contribution is -2.41. The van der Waals surface area contributed by atoms with Crippen molar-refractivity contribution < 1.29 is 16.8 Å². The van der Waals surface area contributed by atoms with Crippen LogP contribution in [0.4, 0.5) is 0 Å². The highest BCUT2D eigenvalue weighted by Gasteiger charge is 2.47. The van der Waals surface area contributed by atoms with E-state index in [-0.39, 0.29) is 23.0 Å². The Morgan fingerprint density at radius 3 is 2.14 bits per heavy atom. The lowest BCUT2D eigenvalue weighted by Gasteiger charge is -2.17. The maximum atomic E-state index is 13.4. The molecular weight excluding hydrogens is 436 g/mol. The van der Waals surface area contributed by atoms with Gasteiger partial charge in [-0.2, -0.15) is 10.2 Å². The molecule has 2 aromatic carbocycles. The molecule has 11 heteroatoms. The second-order valence-electron chi connectivity index (χ2n) is 6.58. The van der Waals surface area contributed by atoms with E-state index in [1.165, 1.54) is 12.1 Å². The summed E-state index contributed by atoms with van der Waals surface area (Å²) in [5.74, 6) is -0.543. The number of hydrogen-bond donors (Lipinski definition) is 2. The van der Waals surface area contributed by atoms with Crippen molar-refractivity contribution in [3.63, 3.8) is 0 Å². The zero-order chi connectivity index (χ0) is 20.6. The van der Waals surface area contributed by atoms with E-state index in [2.05, 4.69) is 21.1 Å². The van der Waals surface area contributed by atoms with Crippen LogP contribution in [0.25, 0.3) is 0 Å². The van der Waals surface area contributed by atoms with Crippen LogP contribution in [-0.4, -0.2) is 45.3 Å². The fourth-order valence-electron chi connectivity index (χ4n) is 3.30. The molecule has 29 heavy (non-hydrogen) atoms. The highest BCUT2D eigenvalue weighted by molar-refractivity contribution is 8.13. The Hall–Kier alpha value is -2.43. The summed E-state index contributed by atoms with van der Waals surface area (Å²) in [5, 5.41) is 6.45. The fourth-order valence-corrected chi connectivity index (χ4v) is 7.27. The second kappa shape index (κ2) is 7.43. The molecule has 4 rings (SSSR count). The van der Waals surface area contributed by atoms with Crippen LogP contribution in [0.5, 0.6) is 0 Å². The van der Waals surface area contributed by atoms with Gasteiger partial charge in [0.2, 0.25) is 19.7 Å². The van der Waals surface area contributed by atoms with Crippen molar-refractivity contribution in [2.45, 2.75) is 16.1 Å². The van der Waals surface area contributed by atoms with Crippen molar-refractivity contribution in [2.75, 3.05) is 13.1 Å². The smallest absolute Gasteiger partial charge is 0.223 e. The molecule has 2 unspecified atom stereocenters. The van der Waals surface area contributed by atoms with Crippen LogP contribution < -0.4 is 10.9 Å². The fraction of sp³-hybridized carbons (Fsp3) is 0.222. The molecule has 0 amide bonds. The van der Waals surface area contributed by atoms with Gasteiger partial charge >= 0.3 is 0 Å². The zero-order valence-corrected chi connectivity index (χ0v) is 17.4. The third kappa shape index (κ3) is 3.52. The van der Waals surface area contributed by atoms with Gasteiger partial charge in [0.1, 0.15) is 5.25 Å². The molecule has 152 valence electrons. The maximum absolute atomic E-state index is 13.4. The zero-order valence-electron chi connectivity index (χ0n) is 15.0. The first-order chi connectivity index (χ1) is 13.8. The molecule has 2 aromatic rings. The van der Waals surface area contributed by atoms with Gasteiger partial charge in [-0.15, -0.1) is 0 Å². The molecule has 0 aromatic heterocycles. The van der Waals surface area contributed by atoms with E-state index in [9.17, 15) is 16.8 Å². The van der Waals surface area contributed by atoms with E-state index in [1.807, 2.05) is 0 Å².